The molecule has 0 saturated heterocycles. The number of thiophene rings is 1. The molecule has 0 unspecified atom stereocenters. The largest absolute Gasteiger partial charge is 0.342 e. The van der Waals surface area contributed by atoms with Gasteiger partial charge in [-0.1, -0.05) is 6.07 Å². The van der Waals surface area contributed by atoms with Crippen molar-refractivity contribution < 1.29 is 13.2 Å². The maximum Gasteiger partial charge on any atom is 0.250 e. The predicted octanol–water partition coefficient (Wildman–Crippen LogP) is 0.827. The second-order valence-corrected chi connectivity index (χ2v) is 7.93. The topological polar surface area (TPSA) is 69.7 Å². The Balaban J connectivity index is 2.42. The Labute approximate surface area is 130 Å². The van der Waals surface area contributed by atoms with E-state index in [9.17, 15) is 13.2 Å². The molecule has 1 aromatic heterocycles. The van der Waals surface area contributed by atoms with Gasteiger partial charge in [-0.15, -0.1) is 11.3 Å². The molecule has 8 heteroatoms. The van der Waals surface area contributed by atoms with E-state index in [-0.39, 0.29) is 12.5 Å². The number of carbonyl (C=O) groups is 1. The van der Waals surface area contributed by atoms with Gasteiger partial charge in [-0.25, -0.2) is 13.1 Å². The van der Waals surface area contributed by atoms with Crippen molar-refractivity contribution in [2.75, 3.05) is 40.3 Å². The summed E-state index contributed by atoms with van der Waals surface area (Å²) >= 11 is 1.18. The Morgan fingerprint density at radius 2 is 2.00 bits per heavy atom. The maximum absolute atomic E-state index is 11.9. The average molecular weight is 333 g/mol. The number of rotatable bonds is 9. The van der Waals surface area contributed by atoms with Crippen LogP contribution in [0.1, 0.15) is 13.3 Å². The van der Waals surface area contributed by atoms with Crippen LogP contribution in [0.5, 0.6) is 0 Å². The van der Waals surface area contributed by atoms with Crippen LogP contribution in [0.15, 0.2) is 21.7 Å². The molecule has 0 aliphatic rings. The van der Waals surface area contributed by atoms with Gasteiger partial charge in [-0.3, -0.25) is 4.79 Å². The van der Waals surface area contributed by atoms with Gasteiger partial charge >= 0.3 is 0 Å². The molecule has 0 atom stereocenters. The Morgan fingerprint density at radius 1 is 1.29 bits per heavy atom. The molecule has 1 amide bonds. The number of nitrogens with one attached hydrogen (secondary N) is 1. The minimum Gasteiger partial charge on any atom is -0.342 e. The SMILES string of the molecule is CC(=O)N(CCCN(C)C)CCNS(=O)(=O)c1cccs1. The standard InChI is InChI=1S/C13H23N3O3S2/c1-12(17)16(9-5-8-15(2)3)10-7-14-21(18,19)13-6-4-11-20-13/h4,6,11,14H,5,7-10H2,1-3H3. The van der Waals surface area contributed by atoms with Crippen molar-refractivity contribution in [2.24, 2.45) is 0 Å². The van der Waals surface area contributed by atoms with E-state index >= 15 is 0 Å². The number of amides is 1. The predicted molar refractivity (Wildman–Crippen MR) is 84.9 cm³/mol. The fourth-order valence-corrected chi connectivity index (χ4v) is 3.87. The lowest BCUT2D eigenvalue weighted by Crippen LogP contribution is -2.38. The molecule has 6 nitrogen and oxygen atoms in total. The quantitative estimate of drug-likeness (QED) is 0.727. The highest BCUT2D eigenvalue weighted by molar-refractivity contribution is 7.91. The third kappa shape index (κ3) is 6.56. The molecule has 21 heavy (non-hydrogen) atoms. The van der Waals surface area contributed by atoms with Crippen LogP contribution in [0.25, 0.3) is 0 Å². The molecule has 0 saturated carbocycles. The molecule has 0 aliphatic carbocycles. The van der Waals surface area contributed by atoms with Crippen molar-refractivity contribution >= 4 is 27.3 Å². The van der Waals surface area contributed by atoms with Gasteiger partial charge in [-0.05, 0) is 38.5 Å². The van der Waals surface area contributed by atoms with E-state index in [0.29, 0.717) is 17.3 Å². The first-order valence-electron chi connectivity index (χ1n) is 6.76. The van der Waals surface area contributed by atoms with Gasteiger partial charge in [0, 0.05) is 26.6 Å². The molecule has 120 valence electrons. The van der Waals surface area contributed by atoms with Gasteiger partial charge in [0.05, 0.1) is 0 Å². The molecule has 0 radical (unpaired) electrons. The lowest BCUT2D eigenvalue weighted by Gasteiger charge is -2.22. The third-order valence-corrected chi connectivity index (χ3v) is 5.77. The highest BCUT2D eigenvalue weighted by atomic mass is 32.2. The molecule has 1 aromatic rings. The lowest BCUT2D eigenvalue weighted by molar-refractivity contribution is -0.128. The van der Waals surface area contributed by atoms with Gasteiger partial charge in [0.25, 0.3) is 0 Å². The number of sulfonamides is 1. The molecular formula is C13H23N3O3S2. The van der Waals surface area contributed by atoms with E-state index < -0.39 is 10.0 Å². The molecule has 0 bridgehead atoms. The second-order valence-electron chi connectivity index (χ2n) is 4.99. The zero-order valence-corrected chi connectivity index (χ0v) is 14.3. The summed E-state index contributed by atoms with van der Waals surface area (Å²) in [5.74, 6) is -0.0379. The average Bonchev–Trinajstić information content (AvgIpc) is 2.90. The second kappa shape index (κ2) is 8.47. The van der Waals surface area contributed by atoms with Gasteiger partial charge in [0.1, 0.15) is 4.21 Å². The van der Waals surface area contributed by atoms with Gasteiger partial charge in [0.2, 0.25) is 15.9 Å². The molecule has 0 spiro atoms. The van der Waals surface area contributed by atoms with Crippen LogP contribution in [0.4, 0.5) is 0 Å². The Hall–Kier alpha value is -0.960. The van der Waals surface area contributed by atoms with Gasteiger partial charge < -0.3 is 9.80 Å². The molecule has 1 N–H and O–H groups in total. The fourth-order valence-electron chi connectivity index (χ4n) is 1.81. The van der Waals surface area contributed by atoms with Crippen LogP contribution in [0, 0.1) is 0 Å². The summed E-state index contributed by atoms with van der Waals surface area (Å²) in [6, 6.07) is 3.26. The number of nitrogens with zero attached hydrogens (tertiary/aromatic N) is 2. The zero-order chi connectivity index (χ0) is 15.9. The Bertz CT molecular complexity index is 527. The molecule has 0 aromatic carbocycles. The fraction of sp³-hybridized carbons (Fsp3) is 0.615. The van der Waals surface area contributed by atoms with Gasteiger partial charge in [0.15, 0.2) is 0 Å². The highest BCUT2D eigenvalue weighted by Crippen LogP contribution is 2.14. The summed E-state index contributed by atoms with van der Waals surface area (Å²) in [6.45, 7) is 3.64. The van der Waals surface area contributed by atoms with Crippen molar-refractivity contribution in [2.45, 2.75) is 17.6 Å². The van der Waals surface area contributed by atoms with Crippen LogP contribution in [-0.2, 0) is 14.8 Å². The summed E-state index contributed by atoms with van der Waals surface area (Å²) in [6.07, 6.45) is 0.865. The molecule has 1 heterocycles. The van der Waals surface area contributed by atoms with E-state index in [4.69, 9.17) is 0 Å². The monoisotopic (exact) mass is 333 g/mol. The van der Waals surface area contributed by atoms with Crippen LogP contribution in [0.3, 0.4) is 0 Å². The smallest absolute Gasteiger partial charge is 0.250 e. The summed E-state index contributed by atoms with van der Waals surface area (Å²) in [5.41, 5.74) is 0. The van der Waals surface area contributed by atoms with Gasteiger partial charge in [-0.2, -0.15) is 0 Å². The molecular weight excluding hydrogens is 310 g/mol. The summed E-state index contributed by atoms with van der Waals surface area (Å²) in [7, 11) is 0.509. The van der Waals surface area contributed by atoms with Crippen molar-refractivity contribution in [1.82, 2.24) is 14.5 Å². The molecule has 1 rings (SSSR count). The first kappa shape index (κ1) is 18.1. The van der Waals surface area contributed by atoms with E-state index in [1.165, 1.54) is 18.3 Å². The Morgan fingerprint density at radius 3 is 2.52 bits per heavy atom. The first-order chi connectivity index (χ1) is 9.83. The molecule has 0 fully saturated rings. The van der Waals surface area contributed by atoms with E-state index in [2.05, 4.69) is 9.62 Å². The molecule has 0 aliphatic heterocycles. The van der Waals surface area contributed by atoms with Crippen molar-refractivity contribution in [1.29, 1.82) is 0 Å². The van der Waals surface area contributed by atoms with Crippen molar-refractivity contribution in [3.05, 3.63) is 17.5 Å². The van der Waals surface area contributed by atoms with Crippen LogP contribution in [-0.4, -0.2) is 64.4 Å². The highest BCUT2D eigenvalue weighted by Gasteiger charge is 2.15. The van der Waals surface area contributed by atoms with Crippen LogP contribution < -0.4 is 4.72 Å². The number of hydrogen-bond donors (Lipinski definition) is 1. The third-order valence-electron chi connectivity index (χ3n) is 2.91. The van der Waals surface area contributed by atoms with E-state index in [1.807, 2.05) is 14.1 Å². The number of carbonyl (C=O) groups excluding carboxylic acids is 1. The Kier molecular flexibility index (Phi) is 7.30. The minimum atomic E-state index is -3.45. The van der Waals surface area contributed by atoms with Crippen LogP contribution in [0.2, 0.25) is 0 Å². The van der Waals surface area contributed by atoms with E-state index in [0.717, 1.165) is 13.0 Å². The normalized spacial score (nSPS) is 11.8. The summed E-state index contributed by atoms with van der Waals surface area (Å²) in [4.78, 5) is 15.3. The summed E-state index contributed by atoms with van der Waals surface area (Å²) < 4.78 is 26.7. The van der Waals surface area contributed by atoms with Crippen molar-refractivity contribution in [3.63, 3.8) is 0 Å². The maximum atomic E-state index is 11.9. The number of hydrogen-bond acceptors (Lipinski definition) is 5. The van der Waals surface area contributed by atoms with E-state index in [1.54, 1.807) is 22.4 Å². The van der Waals surface area contributed by atoms with Crippen molar-refractivity contribution in [3.8, 4) is 0 Å². The zero-order valence-electron chi connectivity index (χ0n) is 12.7. The first-order valence-corrected chi connectivity index (χ1v) is 9.12. The lowest BCUT2D eigenvalue weighted by atomic mass is 10.3. The summed E-state index contributed by atoms with van der Waals surface area (Å²) in [5, 5.41) is 1.72. The minimum absolute atomic E-state index is 0.0379. The van der Waals surface area contributed by atoms with Crippen LogP contribution >= 0.6 is 11.3 Å².